The zero-order valence-corrected chi connectivity index (χ0v) is 14.7. The molecule has 118 valence electrons. The molecule has 0 fully saturated rings. The summed E-state index contributed by atoms with van der Waals surface area (Å²) >= 11 is 0. The first-order valence-corrected chi connectivity index (χ1v) is 7.99. The van der Waals surface area contributed by atoms with E-state index in [2.05, 4.69) is 59.8 Å². The highest BCUT2D eigenvalue weighted by Crippen LogP contribution is 2.41. The Morgan fingerprint density at radius 2 is 1.36 bits per heavy atom. The van der Waals surface area contributed by atoms with Crippen molar-refractivity contribution in [2.75, 3.05) is 0 Å². The number of benzene rings is 1. The molecular weight excluding hydrogens is 268 g/mol. The van der Waals surface area contributed by atoms with Crippen molar-refractivity contribution in [3.8, 4) is 5.75 Å². The zero-order chi connectivity index (χ0) is 16.5. The fourth-order valence-electron chi connectivity index (χ4n) is 2.59. The minimum absolute atomic E-state index is 0.155. The van der Waals surface area contributed by atoms with E-state index in [-0.39, 0.29) is 10.8 Å². The Kier molecular flexibility index (Phi) is 4.37. The highest BCUT2D eigenvalue weighted by Gasteiger charge is 2.26. The second-order valence-electron chi connectivity index (χ2n) is 8.22. The lowest BCUT2D eigenvalue weighted by Gasteiger charge is -2.33. The van der Waals surface area contributed by atoms with Crippen LogP contribution in [-0.4, -0.2) is 5.11 Å². The highest BCUT2D eigenvalue weighted by molar-refractivity contribution is 5.66. The second kappa shape index (κ2) is 5.79. The Balaban J connectivity index is 2.51. The zero-order valence-electron chi connectivity index (χ0n) is 14.7. The van der Waals surface area contributed by atoms with E-state index in [1.54, 1.807) is 6.07 Å². The third-order valence-corrected chi connectivity index (χ3v) is 4.25. The van der Waals surface area contributed by atoms with E-state index in [0.717, 1.165) is 12.0 Å². The fraction of sp³-hybridized carbons (Fsp3) is 0.429. The van der Waals surface area contributed by atoms with Gasteiger partial charge in [-0.05, 0) is 35.0 Å². The fourth-order valence-corrected chi connectivity index (χ4v) is 2.59. The van der Waals surface area contributed by atoms with E-state index < -0.39 is 0 Å². The van der Waals surface area contributed by atoms with Crippen LogP contribution in [0.15, 0.2) is 53.1 Å². The molecule has 1 heteroatoms. The molecule has 1 N–H and O–H groups in total. The molecule has 0 amide bonds. The molecule has 0 aromatic heterocycles. The van der Waals surface area contributed by atoms with Gasteiger partial charge in [0.15, 0.2) is 0 Å². The van der Waals surface area contributed by atoms with Gasteiger partial charge in [-0.1, -0.05) is 83.0 Å². The van der Waals surface area contributed by atoms with Crippen LogP contribution in [0.4, 0.5) is 0 Å². The molecule has 0 atom stereocenters. The van der Waals surface area contributed by atoms with Gasteiger partial charge in [0.05, 0.1) is 0 Å². The van der Waals surface area contributed by atoms with Crippen molar-refractivity contribution in [2.24, 2.45) is 10.8 Å². The van der Waals surface area contributed by atoms with Gasteiger partial charge < -0.3 is 5.11 Å². The molecule has 2 rings (SSSR count). The molecule has 1 aromatic carbocycles. The van der Waals surface area contributed by atoms with Gasteiger partial charge in [-0.3, -0.25) is 0 Å². The standard InChI is InChI=1S/C21H28O/c1-20(2,3)17-12-15(13-18(14-17)21(4,5)6)11-16-9-7-8-10-19(16)22/h7-13,22H,14H2,1-6H3. The van der Waals surface area contributed by atoms with E-state index in [1.807, 2.05) is 18.2 Å². The Labute approximate surface area is 135 Å². The maximum Gasteiger partial charge on any atom is 0.122 e. The van der Waals surface area contributed by atoms with Gasteiger partial charge in [-0.25, -0.2) is 0 Å². The minimum Gasteiger partial charge on any atom is -0.507 e. The second-order valence-corrected chi connectivity index (χ2v) is 8.22. The number of phenolic OH excluding ortho intramolecular Hbond substituents is 1. The molecule has 0 saturated carbocycles. The van der Waals surface area contributed by atoms with Crippen LogP contribution >= 0.6 is 0 Å². The minimum atomic E-state index is 0.155. The van der Waals surface area contributed by atoms with Crippen LogP contribution in [0.1, 0.15) is 53.5 Å². The molecule has 0 unspecified atom stereocenters. The Morgan fingerprint density at radius 1 is 0.864 bits per heavy atom. The number of hydrogen-bond acceptors (Lipinski definition) is 1. The van der Waals surface area contributed by atoms with Crippen molar-refractivity contribution in [3.63, 3.8) is 0 Å². The number of rotatable bonds is 1. The van der Waals surface area contributed by atoms with Gasteiger partial charge in [-0.2, -0.15) is 0 Å². The summed E-state index contributed by atoms with van der Waals surface area (Å²) < 4.78 is 0. The smallest absolute Gasteiger partial charge is 0.122 e. The van der Waals surface area contributed by atoms with Gasteiger partial charge in [0.2, 0.25) is 0 Å². The first-order valence-electron chi connectivity index (χ1n) is 7.99. The normalized spacial score (nSPS) is 16.2. The third-order valence-electron chi connectivity index (χ3n) is 4.25. The number of aromatic hydroxyl groups is 1. The molecule has 0 radical (unpaired) electrons. The van der Waals surface area contributed by atoms with Crippen molar-refractivity contribution >= 4 is 6.08 Å². The molecule has 0 bridgehead atoms. The summed E-state index contributed by atoms with van der Waals surface area (Å²) in [5.41, 5.74) is 5.24. The van der Waals surface area contributed by atoms with E-state index >= 15 is 0 Å². The molecular formula is C21H28O. The molecule has 1 nitrogen and oxygen atoms in total. The van der Waals surface area contributed by atoms with Crippen molar-refractivity contribution in [1.29, 1.82) is 0 Å². The van der Waals surface area contributed by atoms with Crippen LogP contribution < -0.4 is 0 Å². The maximum absolute atomic E-state index is 10.0. The first kappa shape index (κ1) is 16.6. The predicted molar refractivity (Wildman–Crippen MR) is 95.8 cm³/mol. The number of phenols is 1. The van der Waals surface area contributed by atoms with Crippen LogP contribution in [0.3, 0.4) is 0 Å². The lowest BCUT2D eigenvalue weighted by atomic mass is 9.72. The summed E-state index contributed by atoms with van der Waals surface area (Å²) in [5, 5.41) is 10.0. The Morgan fingerprint density at radius 3 is 1.82 bits per heavy atom. The topological polar surface area (TPSA) is 20.2 Å². The summed E-state index contributed by atoms with van der Waals surface area (Å²) in [5.74, 6) is 0.331. The molecule has 1 aromatic rings. The average molecular weight is 296 g/mol. The molecule has 1 aliphatic carbocycles. The summed E-state index contributed by atoms with van der Waals surface area (Å²) in [6.45, 7) is 13.6. The van der Waals surface area contributed by atoms with Crippen LogP contribution in [-0.2, 0) is 0 Å². The van der Waals surface area contributed by atoms with Crippen LogP contribution in [0.25, 0.3) is 6.08 Å². The quantitative estimate of drug-likeness (QED) is 0.661. The lowest BCUT2D eigenvalue weighted by Crippen LogP contribution is -2.18. The summed E-state index contributed by atoms with van der Waals surface area (Å²) in [7, 11) is 0. The molecule has 0 spiro atoms. The number of allylic oxidation sites excluding steroid dienone is 5. The Hall–Kier alpha value is -1.76. The van der Waals surface area contributed by atoms with Crippen LogP contribution in [0.2, 0.25) is 0 Å². The van der Waals surface area contributed by atoms with Crippen molar-refractivity contribution < 1.29 is 5.11 Å². The Bertz CT molecular complexity index is 611. The van der Waals surface area contributed by atoms with Gasteiger partial charge in [0.25, 0.3) is 0 Å². The van der Waals surface area contributed by atoms with Crippen LogP contribution in [0.5, 0.6) is 5.75 Å². The summed E-state index contributed by atoms with van der Waals surface area (Å²) in [6.07, 6.45) is 7.67. The molecule has 0 aliphatic heterocycles. The average Bonchev–Trinajstić information content (AvgIpc) is 2.39. The maximum atomic E-state index is 10.0. The lowest BCUT2D eigenvalue weighted by molar-refractivity contribution is 0.447. The number of hydrogen-bond donors (Lipinski definition) is 1. The van der Waals surface area contributed by atoms with E-state index in [9.17, 15) is 5.11 Å². The van der Waals surface area contributed by atoms with Crippen molar-refractivity contribution in [3.05, 3.63) is 58.7 Å². The highest BCUT2D eigenvalue weighted by atomic mass is 16.3. The van der Waals surface area contributed by atoms with Crippen molar-refractivity contribution in [1.82, 2.24) is 0 Å². The molecule has 1 aliphatic rings. The monoisotopic (exact) mass is 296 g/mol. The third kappa shape index (κ3) is 3.91. The van der Waals surface area contributed by atoms with E-state index in [1.165, 1.54) is 16.7 Å². The van der Waals surface area contributed by atoms with E-state index in [0.29, 0.717) is 5.75 Å². The predicted octanol–water partition coefficient (Wildman–Crippen LogP) is 6.12. The first-order chi connectivity index (χ1) is 10.1. The van der Waals surface area contributed by atoms with Crippen LogP contribution in [0, 0.1) is 10.8 Å². The summed E-state index contributed by atoms with van der Waals surface area (Å²) in [6, 6.07) is 7.49. The molecule has 0 heterocycles. The van der Waals surface area contributed by atoms with E-state index in [4.69, 9.17) is 0 Å². The molecule has 22 heavy (non-hydrogen) atoms. The van der Waals surface area contributed by atoms with Crippen molar-refractivity contribution in [2.45, 2.75) is 48.0 Å². The van der Waals surface area contributed by atoms with Gasteiger partial charge >= 0.3 is 0 Å². The van der Waals surface area contributed by atoms with Gasteiger partial charge in [0, 0.05) is 5.56 Å². The number of para-hydroxylation sites is 1. The summed E-state index contributed by atoms with van der Waals surface area (Å²) in [4.78, 5) is 0. The van der Waals surface area contributed by atoms with Gasteiger partial charge in [0.1, 0.15) is 5.75 Å². The largest absolute Gasteiger partial charge is 0.507 e. The van der Waals surface area contributed by atoms with Gasteiger partial charge in [-0.15, -0.1) is 0 Å². The molecule has 0 saturated heterocycles. The SMILES string of the molecule is CC(C)(C)C1=CC(=Cc2ccccc2O)C=C(C(C)(C)C)C1.